The third-order valence-corrected chi connectivity index (χ3v) is 3.57. The van der Waals surface area contributed by atoms with E-state index >= 15 is 0 Å². The molecule has 0 atom stereocenters. The maximum atomic E-state index is 5.68. The van der Waals surface area contributed by atoms with Crippen LogP contribution in [0.25, 0.3) is 0 Å². The van der Waals surface area contributed by atoms with E-state index < -0.39 is 0 Å². The molecule has 20 heavy (non-hydrogen) atoms. The lowest BCUT2D eigenvalue weighted by molar-refractivity contribution is 0.443. The highest BCUT2D eigenvalue weighted by Crippen LogP contribution is 2.18. The molecule has 2 aromatic rings. The van der Waals surface area contributed by atoms with E-state index in [1.54, 1.807) is 0 Å². The Balaban J connectivity index is 1.46. The summed E-state index contributed by atoms with van der Waals surface area (Å²) >= 11 is 0. The van der Waals surface area contributed by atoms with E-state index in [2.05, 4.69) is 46.7 Å². The van der Waals surface area contributed by atoms with Crippen molar-refractivity contribution in [2.24, 2.45) is 0 Å². The van der Waals surface area contributed by atoms with Gasteiger partial charge in [0.05, 0.1) is 0 Å². The van der Waals surface area contributed by atoms with Crippen LogP contribution in [0, 0.1) is 6.92 Å². The quantitative estimate of drug-likeness (QED) is 0.840. The van der Waals surface area contributed by atoms with Crippen LogP contribution in [-0.2, 0) is 19.3 Å². The van der Waals surface area contributed by atoms with Crippen LogP contribution in [0.5, 0.6) is 0 Å². The lowest BCUT2D eigenvalue weighted by Crippen LogP contribution is -2.19. The lowest BCUT2D eigenvalue weighted by atomic mass is 10.1. The van der Waals surface area contributed by atoms with Crippen LogP contribution in [0.4, 0.5) is 0 Å². The summed E-state index contributed by atoms with van der Waals surface area (Å²) in [6, 6.07) is 9.29. The highest BCUT2D eigenvalue weighted by molar-refractivity contribution is 5.22. The van der Waals surface area contributed by atoms with Crippen LogP contribution in [0.15, 0.2) is 28.7 Å². The zero-order chi connectivity index (χ0) is 13.8. The summed E-state index contributed by atoms with van der Waals surface area (Å²) < 4.78 is 5.68. The molecule has 1 aliphatic carbocycles. The van der Waals surface area contributed by atoms with Crippen molar-refractivity contribution in [3.63, 3.8) is 0 Å². The number of nitrogens with zero attached hydrogens (tertiary/aromatic N) is 2. The summed E-state index contributed by atoms with van der Waals surface area (Å²) in [4.78, 5) is 0. The number of aromatic nitrogens is 2. The number of rotatable bonds is 7. The zero-order valence-corrected chi connectivity index (χ0v) is 11.9. The Morgan fingerprint density at radius 1 is 1.15 bits per heavy atom. The average molecular weight is 271 g/mol. The van der Waals surface area contributed by atoms with E-state index in [-0.39, 0.29) is 0 Å². The van der Waals surface area contributed by atoms with E-state index in [0.29, 0.717) is 0 Å². The van der Waals surface area contributed by atoms with Crippen molar-refractivity contribution in [3.8, 4) is 0 Å². The Morgan fingerprint density at radius 2 is 1.95 bits per heavy atom. The molecule has 0 amide bonds. The van der Waals surface area contributed by atoms with Crippen LogP contribution in [0.3, 0.4) is 0 Å². The minimum absolute atomic E-state index is 0.735. The molecule has 1 saturated carbocycles. The van der Waals surface area contributed by atoms with Crippen molar-refractivity contribution in [3.05, 3.63) is 47.2 Å². The van der Waals surface area contributed by atoms with Gasteiger partial charge in [-0.25, -0.2) is 0 Å². The molecule has 4 nitrogen and oxygen atoms in total. The molecule has 4 heteroatoms. The first-order chi connectivity index (χ1) is 9.79. The maximum Gasteiger partial charge on any atom is 0.217 e. The summed E-state index contributed by atoms with van der Waals surface area (Å²) in [7, 11) is 0. The van der Waals surface area contributed by atoms with Gasteiger partial charge in [0.15, 0.2) is 0 Å². The molecule has 0 unspecified atom stereocenters. The average Bonchev–Trinajstić information content (AvgIpc) is 3.15. The first-order valence-electron chi connectivity index (χ1n) is 7.40. The van der Waals surface area contributed by atoms with E-state index in [1.165, 1.54) is 24.0 Å². The zero-order valence-electron chi connectivity index (χ0n) is 11.9. The standard InChI is InChI=1S/C16H21N3O/c1-12-3-2-4-13(11-12)5-8-15-18-19-16(20-15)9-10-17-14-6-7-14/h2-4,11,14,17H,5-10H2,1H3. The maximum absolute atomic E-state index is 5.68. The van der Waals surface area contributed by atoms with Gasteiger partial charge < -0.3 is 9.73 Å². The molecule has 1 heterocycles. The molecule has 0 spiro atoms. The molecule has 1 aliphatic rings. The molecule has 0 bridgehead atoms. The van der Waals surface area contributed by atoms with Crippen LogP contribution in [0.1, 0.15) is 35.7 Å². The molecule has 1 fully saturated rings. The number of hydrogen-bond donors (Lipinski definition) is 1. The van der Waals surface area contributed by atoms with Gasteiger partial charge in [-0.05, 0) is 31.7 Å². The monoisotopic (exact) mass is 271 g/mol. The molecule has 0 saturated heterocycles. The first-order valence-corrected chi connectivity index (χ1v) is 7.40. The second kappa shape index (κ2) is 6.18. The topological polar surface area (TPSA) is 51.0 Å². The lowest BCUT2D eigenvalue weighted by Gasteiger charge is -2.00. The van der Waals surface area contributed by atoms with E-state index in [4.69, 9.17) is 4.42 Å². The normalized spacial score (nSPS) is 14.7. The number of aryl methyl sites for hydroxylation is 3. The Kier molecular flexibility index (Phi) is 4.11. The van der Waals surface area contributed by atoms with Crippen molar-refractivity contribution >= 4 is 0 Å². The van der Waals surface area contributed by atoms with E-state index in [9.17, 15) is 0 Å². The highest BCUT2D eigenvalue weighted by Gasteiger charge is 2.20. The predicted molar refractivity (Wildman–Crippen MR) is 77.6 cm³/mol. The molecule has 0 radical (unpaired) electrons. The van der Waals surface area contributed by atoms with Crippen LogP contribution >= 0.6 is 0 Å². The molecule has 1 aromatic carbocycles. The number of nitrogens with one attached hydrogen (secondary N) is 1. The van der Waals surface area contributed by atoms with Crippen molar-refractivity contribution in [1.82, 2.24) is 15.5 Å². The van der Waals surface area contributed by atoms with E-state index in [1.807, 2.05) is 0 Å². The smallest absolute Gasteiger partial charge is 0.217 e. The largest absolute Gasteiger partial charge is 0.425 e. The molecule has 1 N–H and O–H groups in total. The van der Waals surface area contributed by atoms with Gasteiger partial charge in [-0.2, -0.15) is 0 Å². The summed E-state index contributed by atoms with van der Waals surface area (Å²) in [6.07, 6.45) is 5.21. The van der Waals surface area contributed by atoms with Crippen LogP contribution in [-0.4, -0.2) is 22.8 Å². The number of hydrogen-bond acceptors (Lipinski definition) is 4. The highest BCUT2D eigenvalue weighted by atomic mass is 16.4. The second-order valence-electron chi connectivity index (χ2n) is 5.56. The van der Waals surface area contributed by atoms with Crippen LogP contribution < -0.4 is 5.32 Å². The molecular weight excluding hydrogens is 250 g/mol. The van der Waals surface area contributed by atoms with Gasteiger partial charge in [0.25, 0.3) is 0 Å². The van der Waals surface area contributed by atoms with Gasteiger partial charge in [-0.15, -0.1) is 10.2 Å². The SMILES string of the molecule is Cc1cccc(CCc2nnc(CCNC3CC3)o2)c1. The van der Waals surface area contributed by atoms with Gasteiger partial charge in [0.2, 0.25) is 11.8 Å². The van der Waals surface area contributed by atoms with Gasteiger partial charge in [0, 0.05) is 25.4 Å². The Hall–Kier alpha value is -1.68. The van der Waals surface area contributed by atoms with E-state index in [0.717, 1.165) is 43.6 Å². The third kappa shape index (κ3) is 3.90. The summed E-state index contributed by atoms with van der Waals surface area (Å²) in [5.41, 5.74) is 2.61. The fraction of sp³-hybridized carbons (Fsp3) is 0.500. The van der Waals surface area contributed by atoms with Crippen molar-refractivity contribution in [1.29, 1.82) is 0 Å². The molecule has 1 aromatic heterocycles. The Morgan fingerprint density at radius 3 is 2.70 bits per heavy atom. The molecule has 106 valence electrons. The number of benzene rings is 1. The first kappa shape index (κ1) is 13.3. The predicted octanol–water partition coefficient (Wildman–Crippen LogP) is 2.46. The fourth-order valence-electron chi connectivity index (χ4n) is 2.28. The van der Waals surface area contributed by atoms with Crippen LogP contribution in [0.2, 0.25) is 0 Å². The summed E-state index contributed by atoms with van der Waals surface area (Å²) in [5, 5.41) is 11.7. The Bertz CT molecular complexity index is 560. The van der Waals surface area contributed by atoms with Crippen molar-refractivity contribution in [2.45, 2.75) is 45.1 Å². The Labute approximate surface area is 119 Å². The molecule has 3 rings (SSSR count). The minimum Gasteiger partial charge on any atom is -0.425 e. The summed E-state index contributed by atoms with van der Waals surface area (Å²) in [6.45, 7) is 3.05. The molecular formula is C16H21N3O. The van der Waals surface area contributed by atoms with Gasteiger partial charge in [-0.1, -0.05) is 29.8 Å². The van der Waals surface area contributed by atoms with Crippen molar-refractivity contribution in [2.75, 3.05) is 6.54 Å². The summed E-state index contributed by atoms with van der Waals surface area (Å²) in [5.74, 6) is 1.49. The van der Waals surface area contributed by atoms with Gasteiger partial charge >= 0.3 is 0 Å². The minimum atomic E-state index is 0.735. The second-order valence-corrected chi connectivity index (χ2v) is 5.56. The van der Waals surface area contributed by atoms with Crippen molar-refractivity contribution < 1.29 is 4.42 Å². The van der Waals surface area contributed by atoms with Gasteiger partial charge in [0.1, 0.15) is 0 Å². The molecule has 0 aliphatic heterocycles. The third-order valence-electron chi connectivity index (χ3n) is 3.57. The fourth-order valence-corrected chi connectivity index (χ4v) is 2.28. The van der Waals surface area contributed by atoms with Gasteiger partial charge in [-0.3, -0.25) is 0 Å².